The van der Waals surface area contributed by atoms with E-state index in [2.05, 4.69) is 0 Å². The van der Waals surface area contributed by atoms with Crippen LogP contribution in [0.1, 0.15) is 23.1 Å². The summed E-state index contributed by atoms with van der Waals surface area (Å²) in [5, 5.41) is 8.17. The zero-order chi connectivity index (χ0) is 27.6. The predicted octanol–water partition coefficient (Wildman–Crippen LogP) is 4.23. The fourth-order valence-corrected chi connectivity index (χ4v) is 6.33. The molecule has 0 aliphatic carbocycles. The molecule has 3 aromatic rings. The van der Waals surface area contributed by atoms with Gasteiger partial charge in [-0.15, -0.1) is 0 Å². The number of hydrogen-bond acceptors (Lipinski definition) is 7. The zero-order valence-corrected chi connectivity index (χ0v) is 21.5. The van der Waals surface area contributed by atoms with Crippen LogP contribution >= 0.6 is 0 Å². The van der Waals surface area contributed by atoms with Gasteiger partial charge in [0.15, 0.2) is 5.37 Å². The number of aliphatic hydroxyl groups is 1. The summed E-state index contributed by atoms with van der Waals surface area (Å²) >= 11 is 0. The van der Waals surface area contributed by atoms with Gasteiger partial charge in [-0.05, 0) is 16.7 Å². The first-order chi connectivity index (χ1) is 18.0. The summed E-state index contributed by atoms with van der Waals surface area (Å²) in [6.07, 6.45) is -2.53. The lowest BCUT2D eigenvalue weighted by Crippen LogP contribution is -2.56. The van der Waals surface area contributed by atoms with Gasteiger partial charge in [-0.2, -0.15) is 13.2 Å². The van der Waals surface area contributed by atoms with E-state index in [9.17, 15) is 26.7 Å². The number of likely N-dealkylation sites (tertiary alicyclic amines) is 1. The van der Waals surface area contributed by atoms with Gasteiger partial charge in [0.1, 0.15) is 12.3 Å². The Bertz CT molecular complexity index is 1210. The summed E-state index contributed by atoms with van der Waals surface area (Å²) in [5.74, 6) is -2.00. The van der Waals surface area contributed by atoms with Crippen molar-refractivity contribution < 1.29 is 40.9 Å². The number of ether oxygens (including phenoxy) is 3. The normalized spacial score (nSPS) is 20.5. The van der Waals surface area contributed by atoms with E-state index in [1.54, 1.807) is 36.4 Å². The minimum absolute atomic E-state index is 0.557. The minimum Gasteiger partial charge on any atom is -0.390 e. The van der Waals surface area contributed by atoms with Crippen LogP contribution in [-0.4, -0.2) is 62.3 Å². The van der Waals surface area contributed by atoms with E-state index in [4.69, 9.17) is 14.2 Å². The van der Waals surface area contributed by atoms with Crippen molar-refractivity contribution in [3.8, 4) is 0 Å². The summed E-state index contributed by atoms with van der Waals surface area (Å²) in [6.45, 7) is -0.711. The van der Waals surface area contributed by atoms with Crippen LogP contribution in [0.3, 0.4) is 0 Å². The molecule has 1 heterocycles. The lowest BCUT2D eigenvalue weighted by atomic mass is 9.80. The first kappa shape index (κ1) is 28.2. The van der Waals surface area contributed by atoms with Crippen molar-refractivity contribution in [1.82, 2.24) is 4.90 Å². The summed E-state index contributed by atoms with van der Waals surface area (Å²) in [7, 11) is -3.58. The second-order valence-corrected chi connectivity index (χ2v) is 10.8. The number of aliphatic hydroxyl groups excluding tert-OH is 1. The van der Waals surface area contributed by atoms with Crippen molar-refractivity contribution in [3.05, 3.63) is 108 Å². The van der Waals surface area contributed by atoms with E-state index in [1.807, 2.05) is 54.6 Å². The Morgan fingerprint density at radius 3 is 1.58 bits per heavy atom. The van der Waals surface area contributed by atoms with E-state index in [-0.39, 0.29) is 0 Å². The molecular weight excluding hydrogens is 523 g/mol. The van der Waals surface area contributed by atoms with Gasteiger partial charge in [0.05, 0.1) is 6.10 Å². The number of sulfone groups is 1. The molecule has 0 spiro atoms. The quantitative estimate of drug-likeness (QED) is 0.315. The SMILES string of the molecule is COC1(OC)CC(O)C(S(=O)(=O)C(F)(F)F)N1COC(c1ccccc1)(c1ccccc1)c1ccccc1. The van der Waals surface area contributed by atoms with Crippen LogP contribution in [0, 0.1) is 0 Å². The predicted molar refractivity (Wildman–Crippen MR) is 133 cm³/mol. The van der Waals surface area contributed by atoms with Crippen LogP contribution in [0.4, 0.5) is 13.2 Å². The average Bonchev–Trinajstić information content (AvgIpc) is 3.22. The Balaban J connectivity index is 1.90. The fourth-order valence-electron chi connectivity index (χ4n) is 4.99. The molecule has 0 aromatic heterocycles. The summed E-state index contributed by atoms with van der Waals surface area (Å²) in [5.41, 5.74) is -5.07. The largest absolute Gasteiger partial charge is 0.499 e. The molecule has 0 bridgehead atoms. The number of halogens is 3. The van der Waals surface area contributed by atoms with Crippen LogP contribution in [0.25, 0.3) is 0 Å². The number of alkyl halides is 3. The highest BCUT2D eigenvalue weighted by molar-refractivity contribution is 7.92. The monoisotopic (exact) mass is 551 g/mol. The zero-order valence-electron chi connectivity index (χ0n) is 20.7. The van der Waals surface area contributed by atoms with Gasteiger partial charge in [0.25, 0.3) is 9.84 Å². The number of methoxy groups -OCH3 is 2. The molecule has 1 aliphatic rings. The molecule has 0 amide bonds. The highest BCUT2D eigenvalue weighted by Gasteiger charge is 2.64. The standard InChI is InChI=1S/C27H28F3NO6S/c1-35-25(36-2)18-23(32)24(38(33,34)27(28,29)30)31(25)19-37-26(20-12-6-3-7-13-20,21-14-8-4-9-15-21)22-16-10-5-11-17-22/h3-17,23-24,32H,18-19H2,1-2H3. The number of hydrogen-bond donors (Lipinski definition) is 1. The Labute approximate surface area is 219 Å². The summed E-state index contributed by atoms with van der Waals surface area (Å²) in [4.78, 5) is 0.768. The highest BCUT2D eigenvalue weighted by Crippen LogP contribution is 2.45. The molecule has 0 saturated carbocycles. The molecule has 7 nitrogen and oxygen atoms in total. The molecule has 1 saturated heterocycles. The maximum Gasteiger partial charge on any atom is 0.499 e. The van der Waals surface area contributed by atoms with Crippen molar-refractivity contribution in [2.45, 2.75) is 34.9 Å². The smallest absolute Gasteiger partial charge is 0.390 e. The first-order valence-corrected chi connectivity index (χ1v) is 13.2. The topological polar surface area (TPSA) is 85.3 Å². The molecule has 3 aromatic carbocycles. The third kappa shape index (κ3) is 4.74. The number of nitrogens with zero attached hydrogens (tertiary/aromatic N) is 1. The second-order valence-electron chi connectivity index (χ2n) is 8.80. The van der Waals surface area contributed by atoms with Crippen LogP contribution < -0.4 is 0 Å². The van der Waals surface area contributed by atoms with Gasteiger partial charge < -0.3 is 19.3 Å². The van der Waals surface area contributed by atoms with Crippen molar-refractivity contribution >= 4 is 9.84 Å². The van der Waals surface area contributed by atoms with Gasteiger partial charge >= 0.3 is 5.51 Å². The van der Waals surface area contributed by atoms with Crippen LogP contribution in [0.15, 0.2) is 91.0 Å². The van der Waals surface area contributed by atoms with Crippen molar-refractivity contribution in [1.29, 1.82) is 0 Å². The van der Waals surface area contributed by atoms with Crippen molar-refractivity contribution in [2.24, 2.45) is 0 Å². The molecule has 1 fully saturated rings. The Morgan fingerprint density at radius 2 is 1.24 bits per heavy atom. The number of benzene rings is 3. The van der Waals surface area contributed by atoms with E-state index >= 15 is 0 Å². The van der Waals surface area contributed by atoms with Crippen molar-refractivity contribution in [3.63, 3.8) is 0 Å². The lowest BCUT2D eigenvalue weighted by molar-refractivity contribution is -0.301. The third-order valence-corrected chi connectivity index (χ3v) is 8.63. The Hall–Kier alpha value is -2.80. The molecule has 1 N–H and O–H groups in total. The molecule has 2 unspecified atom stereocenters. The molecule has 38 heavy (non-hydrogen) atoms. The van der Waals surface area contributed by atoms with E-state index in [0.717, 1.165) is 19.1 Å². The molecule has 0 radical (unpaired) electrons. The Kier molecular flexibility index (Phi) is 7.99. The van der Waals surface area contributed by atoms with Gasteiger partial charge in [-0.25, -0.2) is 13.3 Å². The lowest BCUT2D eigenvalue weighted by Gasteiger charge is -2.42. The maximum atomic E-state index is 13.7. The summed E-state index contributed by atoms with van der Waals surface area (Å²) < 4.78 is 83.7. The third-order valence-electron chi connectivity index (χ3n) is 6.78. The molecular formula is C27H28F3NO6S. The second kappa shape index (κ2) is 10.8. The van der Waals surface area contributed by atoms with E-state index in [0.29, 0.717) is 16.7 Å². The van der Waals surface area contributed by atoms with E-state index < -0.39 is 51.5 Å². The molecule has 1 aliphatic heterocycles. The van der Waals surface area contributed by atoms with Gasteiger partial charge in [0.2, 0.25) is 5.91 Å². The minimum atomic E-state index is -5.89. The molecule has 204 valence electrons. The highest BCUT2D eigenvalue weighted by atomic mass is 32.2. The van der Waals surface area contributed by atoms with Gasteiger partial charge in [-0.1, -0.05) is 91.0 Å². The number of rotatable bonds is 9. The van der Waals surface area contributed by atoms with E-state index in [1.165, 1.54) is 0 Å². The van der Waals surface area contributed by atoms with Crippen LogP contribution in [-0.2, 0) is 29.6 Å². The van der Waals surface area contributed by atoms with Crippen LogP contribution in [0.5, 0.6) is 0 Å². The first-order valence-electron chi connectivity index (χ1n) is 11.7. The molecule has 4 rings (SSSR count). The molecule has 2 atom stereocenters. The fraction of sp³-hybridized carbons (Fsp3) is 0.333. The molecule has 11 heteroatoms. The van der Waals surface area contributed by atoms with Crippen LogP contribution in [0.2, 0.25) is 0 Å². The van der Waals surface area contributed by atoms with Gasteiger partial charge in [-0.3, -0.25) is 0 Å². The van der Waals surface area contributed by atoms with Gasteiger partial charge in [0, 0.05) is 20.6 Å². The maximum absolute atomic E-state index is 13.7. The van der Waals surface area contributed by atoms with Crippen molar-refractivity contribution in [2.75, 3.05) is 21.0 Å². The summed E-state index contributed by atoms with van der Waals surface area (Å²) in [6, 6.07) is 27.1. The Morgan fingerprint density at radius 1 is 0.842 bits per heavy atom. The average molecular weight is 552 g/mol.